The maximum Gasteiger partial charge on any atom is 0.136 e. The Morgan fingerprint density at radius 3 is 0.837 bits per heavy atom. The van der Waals surface area contributed by atoms with E-state index in [2.05, 4.69) is 427 Å². The van der Waals surface area contributed by atoms with Crippen molar-refractivity contribution in [2.24, 2.45) is 0 Å². The molecule has 0 fully saturated rings. The van der Waals surface area contributed by atoms with Crippen LogP contribution < -0.4 is 0 Å². The molecule has 12 heterocycles. The molecule has 0 spiro atoms. The Kier molecular flexibility index (Phi) is 14.7. The zero-order valence-electron chi connectivity index (χ0n) is 72.5. The van der Waals surface area contributed by atoms with E-state index >= 15 is 0 Å². The summed E-state index contributed by atoms with van der Waals surface area (Å²) < 4.78 is 33.5. The van der Waals surface area contributed by atoms with Gasteiger partial charge < -0.3 is 40.2 Å². The van der Waals surface area contributed by atoms with Crippen molar-refractivity contribution in [3.63, 3.8) is 0 Å². The van der Waals surface area contributed by atoms with E-state index in [0.29, 0.717) is 0 Å². The standard InChI is InChI=1S/3C42H24N2O/c1-4-17-33-28(12-1)30-16-8-19-35-40(30)41-36(23-22-31-29-13-2-5-18-34(29)44(33)42(31)41)43(35)26-11-7-10-25(24-26)27-15-9-21-38-39(27)32-14-3-6-20-37(32)45-38;1-4-14-33-28(9-1)30-13-7-16-35-40(30)41-36(24-23-31-29-10-2-5-15-34(29)44(33)42(31)41)43(35)26-21-19-25(20-22-26)27-12-8-18-38-39(27)32-11-3-6-17-37(32)45-38;1-4-12-34-28(8-1)32-11-7-14-36-40(32)41-37(23-22-33-29-9-2-5-13-35(29)44(34)42(33)41)43(36)27-19-16-25(17-20-27)26-18-21-31-30-10-3-6-15-38(30)45-39(31)24-26/h3*1-24H. The molecule has 0 amide bonds. The SMILES string of the molecule is c1cc(-c2cccc3oc4ccccc4c23)cc(-n2c3cccc4c5ccccc5n5c6ccccc6c6ccc2c(c43)c65)c1.c1ccc2c(c1)oc1cc(-c3ccc(-n4c5cccc6c7ccccc7n7c8ccccc8c8ccc4c(c65)c87)cc3)ccc12.c1ccc2c(c1)oc1cccc(-c3ccc(-n4c5cccc6c7ccccc7n7c8ccccc8c8ccc4c(c65)c87)cc3)c12. The number of hydrogen-bond donors (Lipinski definition) is 0. The van der Waals surface area contributed by atoms with Gasteiger partial charge in [-0.05, 0) is 201 Å². The lowest BCUT2D eigenvalue weighted by Crippen LogP contribution is -1.95. The first-order valence-electron chi connectivity index (χ1n) is 46.4. The van der Waals surface area contributed by atoms with E-state index in [1.54, 1.807) is 0 Å². The number of benzene rings is 21. The first kappa shape index (κ1) is 72.7. The Bertz CT molecular complexity index is 10900. The van der Waals surface area contributed by atoms with E-state index in [4.69, 9.17) is 13.3 Å². The first-order valence-corrected chi connectivity index (χ1v) is 46.4. The largest absolute Gasteiger partial charge is 0.456 e. The third kappa shape index (κ3) is 9.92. The van der Waals surface area contributed by atoms with Crippen molar-refractivity contribution in [1.29, 1.82) is 0 Å². The number of hydrogen-bond acceptors (Lipinski definition) is 3. The predicted molar refractivity (Wildman–Crippen MR) is 564 cm³/mol. The molecule has 624 valence electrons. The monoisotopic (exact) mass is 1720 g/mol. The number of furan rings is 3. The average Bonchev–Trinajstić information content (AvgIpc) is 1.53. The molecule has 0 unspecified atom stereocenters. The van der Waals surface area contributed by atoms with Gasteiger partial charge in [0.25, 0.3) is 0 Å². The van der Waals surface area contributed by atoms with Gasteiger partial charge in [0.1, 0.15) is 33.5 Å². The van der Waals surface area contributed by atoms with Crippen molar-refractivity contribution in [1.82, 2.24) is 26.9 Å². The first-order chi connectivity index (χ1) is 67.0. The summed E-state index contributed by atoms with van der Waals surface area (Å²) in [5.74, 6) is 0. The van der Waals surface area contributed by atoms with Crippen LogP contribution in [0.25, 0.3) is 296 Å². The second-order valence-electron chi connectivity index (χ2n) is 36.3. The van der Waals surface area contributed by atoms with Crippen molar-refractivity contribution >= 4 is 246 Å². The van der Waals surface area contributed by atoms with E-state index in [1.807, 2.05) is 36.4 Å². The van der Waals surface area contributed by atoms with Crippen LogP contribution in [0.4, 0.5) is 0 Å². The minimum absolute atomic E-state index is 0.914. The van der Waals surface area contributed by atoms with Gasteiger partial charge >= 0.3 is 0 Å². The van der Waals surface area contributed by atoms with Gasteiger partial charge in [-0.15, -0.1) is 0 Å². The quantitative estimate of drug-likeness (QED) is 0.167. The van der Waals surface area contributed by atoms with Crippen LogP contribution in [0.1, 0.15) is 0 Å². The molecule has 0 radical (unpaired) electrons. The van der Waals surface area contributed by atoms with Crippen LogP contribution >= 0.6 is 0 Å². The molecule has 33 rings (SSSR count). The normalized spacial score (nSPS) is 12.4. The second-order valence-corrected chi connectivity index (χ2v) is 36.3. The van der Waals surface area contributed by atoms with E-state index in [1.165, 1.54) is 213 Å². The van der Waals surface area contributed by atoms with Crippen molar-refractivity contribution in [2.75, 3.05) is 0 Å². The number of fused-ring (bicyclic) bond motifs is 27. The Morgan fingerprint density at radius 2 is 0.415 bits per heavy atom. The molecule has 33 aromatic rings. The van der Waals surface area contributed by atoms with Crippen LogP contribution in [-0.2, 0) is 0 Å². The summed E-state index contributed by atoms with van der Waals surface area (Å²) >= 11 is 0. The minimum atomic E-state index is 0.914. The van der Waals surface area contributed by atoms with Gasteiger partial charge in [-0.3, -0.25) is 0 Å². The highest BCUT2D eigenvalue weighted by Crippen LogP contribution is 2.52. The molecule has 12 aromatic heterocycles. The fourth-order valence-corrected chi connectivity index (χ4v) is 24.1. The molecule has 0 aliphatic rings. The number of aromatic nitrogens is 6. The summed E-state index contributed by atoms with van der Waals surface area (Å²) in [5, 5.41) is 30.1. The zero-order chi connectivity index (χ0) is 87.7. The maximum atomic E-state index is 6.25. The maximum absolute atomic E-state index is 6.25. The van der Waals surface area contributed by atoms with Gasteiger partial charge in [-0.2, -0.15) is 0 Å². The molecule has 9 nitrogen and oxygen atoms in total. The Balaban J connectivity index is 0.0000000945. The predicted octanol–water partition coefficient (Wildman–Crippen LogP) is 34.5. The number of para-hydroxylation sites is 9. The highest BCUT2D eigenvalue weighted by atomic mass is 16.3. The third-order valence-electron chi connectivity index (χ3n) is 29.6. The van der Waals surface area contributed by atoms with E-state index in [9.17, 15) is 0 Å². The van der Waals surface area contributed by atoms with E-state index in [0.717, 1.165) is 83.1 Å². The van der Waals surface area contributed by atoms with Gasteiger partial charge in [-0.1, -0.05) is 285 Å². The van der Waals surface area contributed by atoms with Crippen LogP contribution in [0.5, 0.6) is 0 Å². The molecule has 0 saturated carbocycles. The van der Waals surface area contributed by atoms with E-state index in [-0.39, 0.29) is 0 Å². The molecule has 0 aliphatic carbocycles. The lowest BCUT2D eigenvalue weighted by Gasteiger charge is -2.12. The number of rotatable bonds is 6. The molecular formula is C126H72N6O3. The van der Waals surface area contributed by atoms with Gasteiger partial charge in [0.15, 0.2) is 0 Å². The zero-order valence-corrected chi connectivity index (χ0v) is 72.5. The summed E-state index contributed by atoms with van der Waals surface area (Å²) in [6, 6.07) is 158. The molecule has 21 aromatic carbocycles. The topological polar surface area (TPSA) is 67.4 Å². The minimum Gasteiger partial charge on any atom is -0.456 e. The van der Waals surface area contributed by atoms with Gasteiger partial charge in [0.2, 0.25) is 0 Å². The molecule has 135 heavy (non-hydrogen) atoms. The Hall–Kier alpha value is -18.2. The molecular weight excluding hydrogens is 1650 g/mol. The van der Waals surface area contributed by atoms with Crippen LogP contribution in [0, 0.1) is 0 Å². The highest BCUT2D eigenvalue weighted by Gasteiger charge is 2.29. The highest BCUT2D eigenvalue weighted by molar-refractivity contribution is 6.37. The summed E-state index contributed by atoms with van der Waals surface area (Å²) in [5.41, 5.74) is 34.6. The van der Waals surface area contributed by atoms with Crippen molar-refractivity contribution < 1.29 is 13.3 Å². The Labute approximate surface area is 767 Å². The molecule has 0 atom stereocenters. The molecule has 0 bridgehead atoms. The summed E-state index contributed by atoms with van der Waals surface area (Å²) in [6.45, 7) is 0. The van der Waals surface area contributed by atoms with Gasteiger partial charge in [-0.25, -0.2) is 0 Å². The van der Waals surface area contributed by atoms with Crippen molar-refractivity contribution in [2.45, 2.75) is 0 Å². The lowest BCUT2D eigenvalue weighted by molar-refractivity contribution is 0.668. The summed E-state index contributed by atoms with van der Waals surface area (Å²) in [7, 11) is 0. The third-order valence-corrected chi connectivity index (χ3v) is 29.6. The van der Waals surface area contributed by atoms with Gasteiger partial charge in [0, 0.05) is 130 Å². The van der Waals surface area contributed by atoms with Crippen molar-refractivity contribution in [3.8, 4) is 50.4 Å². The average molecular weight is 1720 g/mol. The smallest absolute Gasteiger partial charge is 0.136 e. The summed E-state index contributed by atoms with van der Waals surface area (Å²) in [6.07, 6.45) is 0. The van der Waals surface area contributed by atoms with Gasteiger partial charge in [0.05, 0.1) is 82.8 Å². The fraction of sp³-hybridized carbons (Fsp3) is 0. The lowest BCUT2D eigenvalue weighted by atomic mass is 9.99. The van der Waals surface area contributed by atoms with Crippen molar-refractivity contribution in [3.05, 3.63) is 437 Å². The van der Waals surface area contributed by atoms with Crippen LogP contribution in [0.3, 0.4) is 0 Å². The molecule has 9 heteroatoms. The molecule has 0 saturated heterocycles. The number of nitrogens with zero attached hydrogens (tertiary/aromatic N) is 6. The second kappa shape index (κ2) is 27.2. The summed E-state index contributed by atoms with van der Waals surface area (Å²) in [4.78, 5) is 0. The van der Waals surface area contributed by atoms with Crippen LogP contribution in [0.15, 0.2) is 450 Å². The van der Waals surface area contributed by atoms with Crippen LogP contribution in [0.2, 0.25) is 0 Å². The molecule has 0 aliphatic heterocycles. The molecule has 0 N–H and O–H groups in total. The van der Waals surface area contributed by atoms with Crippen LogP contribution in [-0.4, -0.2) is 26.9 Å². The van der Waals surface area contributed by atoms with E-state index < -0.39 is 0 Å². The fourth-order valence-electron chi connectivity index (χ4n) is 24.1. The Morgan fingerprint density at radius 1 is 0.133 bits per heavy atom.